The van der Waals surface area contributed by atoms with Gasteiger partial charge >= 0.3 is 0 Å². The van der Waals surface area contributed by atoms with Gasteiger partial charge in [-0.1, -0.05) is 11.6 Å². The van der Waals surface area contributed by atoms with E-state index in [-0.39, 0.29) is 11.9 Å². The summed E-state index contributed by atoms with van der Waals surface area (Å²) in [5.41, 5.74) is 3.53. The summed E-state index contributed by atoms with van der Waals surface area (Å²) in [7, 11) is 0. The van der Waals surface area contributed by atoms with E-state index in [1.165, 1.54) is 16.6 Å². The highest BCUT2D eigenvalue weighted by Gasteiger charge is 2.20. The largest absolute Gasteiger partial charge is 0.368 e. The van der Waals surface area contributed by atoms with Crippen molar-refractivity contribution in [1.29, 1.82) is 0 Å². The van der Waals surface area contributed by atoms with Gasteiger partial charge in [0.05, 0.1) is 12.1 Å². The van der Waals surface area contributed by atoms with Gasteiger partial charge in [-0.3, -0.25) is 14.7 Å². The first-order chi connectivity index (χ1) is 11.5. The van der Waals surface area contributed by atoms with E-state index in [4.69, 9.17) is 0 Å². The smallest absolute Gasteiger partial charge is 0.234 e. The number of amides is 1. The van der Waals surface area contributed by atoms with Crippen molar-refractivity contribution >= 4 is 22.5 Å². The topological polar surface area (TPSA) is 48.5 Å². The lowest BCUT2D eigenvalue weighted by Gasteiger charge is -2.36. The Balaban J connectivity index is 1.67. The summed E-state index contributed by atoms with van der Waals surface area (Å²) in [6.07, 6.45) is 1.88. The maximum Gasteiger partial charge on any atom is 0.234 e. The third-order valence-electron chi connectivity index (χ3n) is 4.40. The van der Waals surface area contributed by atoms with Crippen LogP contribution in [0.1, 0.15) is 19.4 Å². The zero-order valence-corrected chi connectivity index (χ0v) is 14.7. The molecule has 1 N–H and O–H groups in total. The fourth-order valence-electron chi connectivity index (χ4n) is 3.24. The Morgan fingerprint density at radius 3 is 2.67 bits per heavy atom. The average molecular weight is 326 g/mol. The fraction of sp³-hybridized carbons (Fsp3) is 0.474. The molecule has 0 bridgehead atoms. The number of carbonyl (C=O) groups is 1. The van der Waals surface area contributed by atoms with Gasteiger partial charge < -0.3 is 10.2 Å². The number of piperazine rings is 1. The minimum absolute atomic E-state index is 0.114. The van der Waals surface area contributed by atoms with Crippen LogP contribution >= 0.6 is 0 Å². The molecule has 0 saturated carbocycles. The number of aromatic nitrogens is 1. The summed E-state index contributed by atoms with van der Waals surface area (Å²) in [5, 5.41) is 4.17. The minimum atomic E-state index is 0.114. The van der Waals surface area contributed by atoms with Crippen molar-refractivity contribution < 1.29 is 4.79 Å². The van der Waals surface area contributed by atoms with Crippen molar-refractivity contribution in [2.24, 2.45) is 0 Å². The van der Waals surface area contributed by atoms with Crippen LogP contribution < -0.4 is 10.2 Å². The van der Waals surface area contributed by atoms with Crippen LogP contribution in [0.4, 0.5) is 5.69 Å². The molecule has 24 heavy (non-hydrogen) atoms. The Morgan fingerprint density at radius 1 is 1.21 bits per heavy atom. The molecule has 2 aromatic rings. The maximum atomic E-state index is 11.9. The van der Waals surface area contributed by atoms with Gasteiger partial charge in [0.2, 0.25) is 5.91 Å². The van der Waals surface area contributed by atoms with Gasteiger partial charge in [0.25, 0.3) is 0 Å². The number of benzene rings is 1. The van der Waals surface area contributed by atoms with Crippen molar-refractivity contribution in [2.45, 2.75) is 26.8 Å². The molecule has 1 aliphatic heterocycles. The Labute approximate surface area is 143 Å². The summed E-state index contributed by atoms with van der Waals surface area (Å²) in [6.45, 7) is 10.3. The molecule has 1 aliphatic rings. The molecule has 128 valence electrons. The number of nitrogens with one attached hydrogen (secondary N) is 1. The highest BCUT2D eigenvalue weighted by atomic mass is 16.2. The molecule has 1 aromatic carbocycles. The lowest BCUT2D eigenvalue weighted by molar-refractivity contribution is -0.122. The molecule has 0 unspecified atom stereocenters. The first-order valence-electron chi connectivity index (χ1n) is 8.65. The van der Waals surface area contributed by atoms with E-state index >= 15 is 0 Å². The molecule has 3 rings (SSSR count). The van der Waals surface area contributed by atoms with Crippen LogP contribution in [0, 0.1) is 6.92 Å². The number of aryl methyl sites for hydroxylation is 1. The van der Waals surface area contributed by atoms with Crippen molar-refractivity contribution in [2.75, 3.05) is 37.6 Å². The normalized spacial score (nSPS) is 15.9. The van der Waals surface area contributed by atoms with E-state index in [1.54, 1.807) is 0 Å². The van der Waals surface area contributed by atoms with Crippen LogP contribution in [-0.4, -0.2) is 54.6 Å². The lowest BCUT2D eigenvalue weighted by atomic mass is 10.1. The summed E-state index contributed by atoms with van der Waals surface area (Å²) in [6, 6.07) is 8.69. The SMILES string of the molecule is Cc1ccc2nccc(N3CCN(CC(=O)NC(C)C)CC3)c2c1. The Kier molecular flexibility index (Phi) is 5.00. The van der Waals surface area contributed by atoms with Crippen molar-refractivity contribution in [3.63, 3.8) is 0 Å². The number of carbonyl (C=O) groups excluding carboxylic acids is 1. The molecule has 5 heteroatoms. The van der Waals surface area contributed by atoms with Gasteiger partial charge in [-0.2, -0.15) is 0 Å². The number of pyridine rings is 1. The number of fused-ring (bicyclic) bond motifs is 1. The molecule has 1 amide bonds. The van der Waals surface area contributed by atoms with Crippen molar-refractivity contribution in [1.82, 2.24) is 15.2 Å². The molecule has 0 aliphatic carbocycles. The Hall–Kier alpha value is -2.14. The zero-order chi connectivity index (χ0) is 17.1. The molecule has 0 spiro atoms. The van der Waals surface area contributed by atoms with Crippen LogP contribution in [0.2, 0.25) is 0 Å². The second-order valence-corrected chi connectivity index (χ2v) is 6.84. The Bertz CT molecular complexity index is 720. The van der Waals surface area contributed by atoms with Gasteiger partial charge in [0.1, 0.15) is 0 Å². The Morgan fingerprint density at radius 2 is 1.96 bits per heavy atom. The van der Waals surface area contributed by atoms with Gasteiger partial charge in [-0.05, 0) is 39.0 Å². The second kappa shape index (κ2) is 7.18. The fourth-order valence-corrected chi connectivity index (χ4v) is 3.24. The summed E-state index contributed by atoms with van der Waals surface area (Å²) in [4.78, 5) is 21.0. The highest BCUT2D eigenvalue weighted by Crippen LogP contribution is 2.27. The molecule has 0 atom stereocenters. The summed E-state index contributed by atoms with van der Waals surface area (Å²) < 4.78 is 0. The van der Waals surface area contributed by atoms with E-state index in [1.807, 2.05) is 20.0 Å². The highest BCUT2D eigenvalue weighted by molar-refractivity contribution is 5.92. The second-order valence-electron chi connectivity index (χ2n) is 6.84. The standard InChI is InChI=1S/C19H26N4O/c1-14(2)21-19(24)13-22-8-10-23(11-9-22)18-6-7-20-17-5-4-15(3)12-16(17)18/h4-7,12,14H,8-11,13H2,1-3H3,(H,21,24). The zero-order valence-electron chi connectivity index (χ0n) is 14.7. The molecule has 1 aromatic heterocycles. The van der Waals surface area contributed by atoms with E-state index in [0.717, 1.165) is 31.7 Å². The number of hydrogen-bond donors (Lipinski definition) is 1. The molecule has 2 heterocycles. The predicted molar refractivity (Wildman–Crippen MR) is 98.4 cm³/mol. The van der Waals surface area contributed by atoms with E-state index < -0.39 is 0 Å². The van der Waals surface area contributed by atoms with E-state index in [2.05, 4.69) is 51.3 Å². The molecule has 1 saturated heterocycles. The van der Waals surface area contributed by atoms with E-state index in [9.17, 15) is 4.79 Å². The third-order valence-corrected chi connectivity index (χ3v) is 4.40. The van der Waals surface area contributed by atoms with Crippen LogP contribution in [0.25, 0.3) is 10.9 Å². The molecule has 1 fully saturated rings. The third kappa shape index (κ3) is 3.85. The van der Waals surface area contributed by atoms with E-state index in [0.29, 0.717) is 6.54 Å². The van der Waals surface area contributed by atoms with Crippen LogP contribution in [0.3, 0.4) is 0 Å². The molecular formula is C19H26N4O. The quantitative estimate of drug-likeness (QED) is 0.936. The average Bonchev–Trinajstić information content (AvgIpc) is 2.54. The first-order valence-corrected chi connectivity index (χ1v) is 8.65. The van der Waals surface area contributed by atoms with Gasteiger partial charge in [0.15, 0.2) is 0 Å². The molecular weight excluding hydrogens is 300 g/mol. The predicted octanol–water partition coefficient (Wildman–Crippen LogP) is 2.19. The number of nitrogens with zero attached hydrogens (tertiary/aromatic N) is 3. The van der Waals surface area contributed by atoms with Crippen molar-refractivity contribution in [3.8, 4) is 0 Å². The lowest BCUT2D eigenvalue weighted by Crippen LogP contribution is -2.50. The van der Waals surface area contributed by atoms with Crippen LogP contribution in [0.15, 0.2) is 30.5 Å². The summed E-state index contributed by atoms with van der Waals surface area (Å²) >= 11 is 0. The monoisotopic (exact) mass is 326 g/mol. The number of rotatable bonds is 4. The van der Waals surface area contributed by atoms with Crippen LogP contribution in [-0.2, 0) is 4.79 Å². The number of hydrogen-bond acceptors (Lipinski definition) is 4. The van der Waals surface area contributed by atoms with Gasteiger partial charge in [-0.15, -0.1) is 0 Å². The van der Waals surface area contributed by atoms with Crippen LogP contribution in [0.5, 0.6) is 0 Å². The molecule has 5 nitrogen and oxygen atoms in total. The van der Waals surface area contributed by atoms with Gasteiger partial charge in [-0.25, -0.2) is 0 Å². The van der Waals surface area contributed by atoms with Crippen molar-refractivity contribution in [3.05, 3.63) is 36.0 Å². The minimum Gasteiger partial charge on any atom is -0.368 e. The molecule has 0 radical (unpaired) electrons. The number of anilines is 1. The van der Waals surface area contributed by atoms with Gasteiger partial charge in [0, 0.05) is 49.5 Å². The first kappa shape index (κ1) is 16.7. The summed E-state index contributed by atoms with van der Waals surface area (Å²) in [5.74, 6) is 0.114. The maximum absolute atomic E-state index is 11.9.